The first-order valence-electron chi connectivity index (χ1n) is 4.69. The SMILES string of the molecule is CC.CN1C=c2cccnc2=CC1. The lowest BCUT2D eigenvalue weighted by atomic mass is 10.3. The van der Waals surface area contributed by atoms with Crippen LogP contribution in [-0.4, -0.2) is 23.5 Å². The molecule has 1 aliphatic rings. The second-order valence-corrected chi connectivity index (χ2v) is 2.75. The summed E-state index contributed by atoms with van der Waals surface area (Å²) in [4.78, 5) is 6.38. The van der Waals surface area contributed by atoms with Gasteiger partial charge in [-0.1, -0.05) is 13.8 Å². The lowest BCUT2D eigenvalue weighted by Crippen LogP contribution is -2.35. The van der Waals surface area contributed by atoms with Gasteiger partial charge in [0.2, 0.25) is 0 Å². The largest absolute Gasteiger partial charge is 0.376 e. The third kappa shape index (κ3) is 2.31. The summed E-state index contributed by atoms with van der Waals surface area (Å²) in [5, 5.41) is 2.31. The van der Waals surface area contributed by atoms with E-state index in [-0.39, 0.29) is 0 Å². The zero-order valence-electron chi connectivity index (χ0n) is 8.49. The number of hydrogen-bond acceptors (Lipinski definition) is 2. The monoisotopic (exact) mass is 176 g/mol. The molecule has 1 aliphatic heterocycles. The lowest BCUT2D eigenvalue weighted by molar-refractivity contribution is 0.562. The van der Waals surface area contributed by atoms with Crippen LogP contribution in [0.25, 0.3) is 12.3 Å². The molecule has 0 saturated heterocycles. The van der Waals surface area contributed by atoms with E-state index >= 15 is 0 Å². The van der Waals surface area contributed by atoms with Crippen LogP contribution in [0.3, 0.4) is 0 Å². The average Bonchev–Trinajstić information content (AvgIpc) is 2.21. The van der Waals surface area contributed by atoms with Crippen LogP contribution in [0.2, 0.25) is 0 Å². The van der Waals surface area contributed by atoms with Crippen molar-refractivity contribution in [3.8, 4) is 0 Å². The highest BCUT2D eigenvalue weighted by Crippen LogP contribution is 1.85. The van der Waals surface area contributed by atoms with Crippen LogP contribution in [0.4, 0.5) is 0 Å². The third-order valence-electron chi connectivity index (χ3n) is 1.80. The van der Waals surface area contributed by atoms with Crippen LogP contribution in [0, 0.1) is 0 Å². The molecule has 2 heterocycles. The Bertz CT molecular complexity index is 368. The van der Waals surface area contributed by atoms with Gasteiger partial charge in [0, 0.05) is 31.2 Å². The predicted molar refractivity (Wildman–Crippen MR) is 56.4 cm³/mol. The van der Waals surface area contributed by atoms with Crippen LogP contribution in [0.15, 0.2) is 18.3 Å². The summed E-state index contributed by atoms with van der Waals surface area (Å²) in [6, 6.07) is 4.04. The van der Waals surface area contributed by atoms with Crippen LogP contribution >= 0.6 is 0 Å². The molecule has 0 atom stereocenters. The molecule has 0 spiro atoms. The molecule has 2 heteroatoms. The summed E-state index contributed by atoms with van der Waals surface area (Å²) in [7, 11) is 2.06. The Labute approximate surface area is 79.2 Å². The number of hydrogen-bond donors (Lipinski definition) is 0. The van der Waals surface area contributed by atoms with Crippen molar-refractivity contribution >= 4 is 12.3 Å². The normalized spacial score (nSPS) is 13.0. The number of aromatic nitrogens is 1. The molecule has 0 N–H and O–H groups in total. The van der Waals surface area contributed by atoms with Crippen LogP contribution in [-0.2, 0) is 0 Å². The Morgan fingerprint density at radius 2 is 2.15 bits per heavy atom. The van der Waals surface area contributed by atoms with Gasteiger partial charge >= 0.3 is 0 Å². The maximum absolute atomic E-state index is 4.24. The number of fused-ring (bicyclic) bond motifs is 1. The summed E-state index contributed by atoms with van der Waals surface area (Å²) in [6.45, 7) is 4.96. The summed E-state index contributed by atoms with van der Waals surface area (Å²) in [6.07, 6.45) is 6.08. The number of nitrogens with zero attached hydrogens (tertiary/aromatic N) is 2. The number of pyridine rings is 1. The maximum Gasteiger partial charge on any atom is 0.0694 e. The van der Waals surface area contributed by atoms with Crippen molar-refractivity contribution < 1.29 is 0 Å². The quantitative estimate of drug-likeness (QED) is 0.574. The second kappa shape index (κ2) is 4.65. The molecule has 0 radical (unpaired) electrons. The minimum atomic E-state index is 0.962. The van der Waals surface area contributed by atoms with Gasteiger partial charge in [0.1, 0.15) is 0 Å². The molecule has 2 rings (SSSR count). The van der Waals surface area contributed by atoms with Crippen LogP contribution in [0.1, 0.15) is 13.8 Å². The van der Waals surface area contributed by atoms with E-state index in [0.717, 1.165) is 11.9 Å². The van der Waals surface area contributed by atoms with E-state index < -0.39 is 0 Å². The van der Waals surface area contributed by atoms with E-state index in [0.29, 0.717) is 0 Å². The lowest BCUT2D eigenvalue weighted by Gasteiger charge is -2.13. The zero-order valence-corrected chi connectivity index (χ0v) is 8.49. The highest BCUT2D eigenvalue weighted by molar-refractivity contribution is 5.34. The van der Waals surface area contributed by atoms with E-state index in [1.54, 1.807) is 0 Å². The molecule has 70 valence electrons. The van der Waals surface area contributed by atoms with Gasteiger partial charge in [-0.2, -0.15) is 0 Å². The van der Waals surface area contributed by atoms with Crippen molar-refractivity contribution in [2.45, 2.75) is 13.8 Å². The fourth-order valence-electron chi connectivity index (χ4n) is 1.23. The van der Waals surface area contributed by atoms with Crippen molar-refractivity contribution in [2.75, 3.05) is 13.6 Å². The molecule has 0 fully saturated rings. The third-order valence-corrected chi connectivity index (χ3v) is 1.80. The van der Waals surface area contributed by atoms with Gasteiger partial charge in [-0.05, 0) is 18.2 Å². The Hall–Kier alpha value is -1.31. The highest BCUT2D eigenvalue weighted by Gasteiger charge is 1.95. The minimum absolute atomic E-state index is 0.962. The average molecular weight is 176 g/mol. The van der Waals surface area contributed by atoms with Gasteiger partial charge in [0.05, 0.1) is 5.35 Å². The molecule has 1 aromatic heterocycles. The molecule has 0 amide bonds. The van der Waals surface area contributed by atoms with Crippen molar-refractivity contribution in [3.05, 3.63) is 28.9 Å². The Morgan fingerprint density at radius 1 is 1.38 bits per heavy atom. The van der Waals surface area contributed by atoms with E-state index in [1.807, 2.05) is 26.1 Å². The minimum Gasteiger partial charge on any atom is -0.376 e. The van der Waals surface area contributed by atoms with Crippen molar-refractivity contribution in [3.63, 3.8) is 0 Å². The molecule has 0 aliphatic carbocycles. The fraction of sp³-hybridized carbons (Fsp3) is 0.364. The van der Waals surface area contributed by atoms with E-state index in [9.17, 15) is 0 Å². The molecule has 1 aromatic rings. The topological polar surface area (TPSA) is 16.1 Å². The van der Waals surface area contributed by atoms with Gasteiger partial charge in [-0.15, -0.1) is 0 Å². The van der Waals surface area contributed by atoms with Crippen LogP contribution in [0.5, 0.6) is 0 Å². The molecule has 2 nitrogen and oxygen atoms in total. The predicted octanol–water partition coefficient (Wildman–Crippen LogP) is 0.572. The summed E-state index contributed by atoms with van der Waals surface area (Å²) < 4.78 is 0. The Balaban J connectivity index is 0.000000396. The van der Waals surface area contributed by atoms with Crippen LogP contribution < -0.4 is 10.6 Å². The number of rotatable bonds is 0. The summed E-state index contributed by atoms with van der Waals surface area (Å²) in [5.74, 6) is 0. The van der Waals surface area contributed by atoms with Gasteiger partial charge in [0.25, 0.3) is 0 Å². The van der Waals surface area contributed by atoms with Gasteiger partial charge in [-0.3, -0.25) is 4.98 Å². The van der Waals surface area contributed by atoms with Crippen molar-refractivity contribution in [2.24, 2.45) is 0 Å². The summed E-state index contributed by atoms with van der Waals surface area (Å²) in [5.41, 5.74) is 0. The fourth-order valence-corrected chi connectivity index (χ4v) is 1.23. The molecule has 13 heavy (non-hydrogen) atoms. The first-order chi connectivity index (χ1) is 6.36. The first-order valence-corrected chi connectivity index (χ1v) is 4.69. The molecule has 0 aromatic carbocycles. The van der Waals surface area contributed by atoms with E-state index in [1.165, 1.54) is 5.22 Å². The molecular formula is C11H16N2. The van der Waals surface area contributed by atoms with Gasteiger partial charge < -0.3 is 4.90 Å². The smallest absolute Gasteiger partial charge is 0.0694 e. The van der Waals surface area contributed by atoms with Crippen molar-refractivity contribution in [1.29, 1.82) is 0 Å². The zero-order chi connectivity index (χ0) is 9.68. The van der Waals surface area contributed by atoms with E-state index in [4.69, 9.17) is 0 Å². The molecule has 0 bridgehead atoms. The first kappa shape index (κ1) is 9.78. The van der Waals surface area contributed by atoms with Gasteiger partial charge in [-0.25, -0.2) is 0 Å². The molecule has 0 unspecified atom stereocenters. The maximum atomic E-state index is 4.24. The van der Waals surface area contributed by atoms with E-state index in [2.05, 4.69) is 35.3 Å². The standard InChI is InChI=1S/C9H10N2.C2H6/c1-11-6-4-9-8(7-11)3-2-5-10-9;1-2/h2-5,7H,6H2,1H3;1-2H3. The summed E-state index contributed by atoms with van der Waals surface area (Å²) >= 11 is 0. The molecular weight excluding hydrogens is 160 g/mol. The molecule has 0 saturated carbocycles. The Morgan fingerprint density at radius 3 is 2.92 bits per heavy atom. The Kier molecular flexibility index (Phi) is 3.50. The van der Waals surface area contributed by atoms with Gasteiger partial charge in [0.15, 0.2) is 0 Å². The highest BCUT2D eigenvalue weighted by atomic mass is 15.1. The van der Waals surface area contributed by atoms with Crippen molar-refractivity contribution in [1.82, 2.24) is 9.88 Å². The second-order valence-electron chi connectivity index (χ2n) is 2.75.